The van der Waals surface area contributed by atoms with E-state index in [-0.39, 0.29) is 5.91 Å². The Morgan fingerprint density at radius 3 is 3.05 bits per heavy atom. The molecule has 0 saturated heterocycles. The first-order chi connectivity index (χ1) is 10.8. The van der Waals surface area contributed by atoms with Gasteiger partial charge in [0.05, 0.1) is 6.54 Å². The van der Waals surface area contributed by atoms with Crippen LogP contribution in [-0.4, -0.2) is 42.9 Å². The smallest absolute Gasteiger partial charge is 0.242 e. The van der Waals surface area contributed by atoms with E-state index in [1.54, 1.807) is 18.4 Å². The quantitative estimate of drug-likeness (QED) is 0.659. The fourth-order valence-electron chi connectivity index (χ4n) is 3.19. The summed E-state index contributed by atoms with van der Waals surface area (Å²) in [5.74, 6) is 0.889. The summed E-state index contributed by atoms with van der Waals surface area (Å²) in [4.78, 5) is 20.0. The molecule has 2 N–H and O–H groups in total. The SMILES string of the molecule is CN=C(NCC(=O)N1CCc2sccc2C1)NC1CCCC1. The van der Waals surface area contributed by atoms with Gasteiger partial charge in [-0.1, -0.05) is 12.8 Å². The summed E-state index contributed by atoms with van der Waals surface area (Å²) in [5, 5.41) is 8.68. The van der Waals surface area contributed by atoms with E-state index in [9.17, 15) is 4.79 Å². The molecule has 0 bridgehead atoms. The van der Waals surface area contributed by atoms with Crippen LogP contribution in [0.1, 0.15) is 36.1 Å². The summed E-state index contributed by atoms with van der Waals surface area (Å²) in [6.07, 6.45) is 5.94. The van der Waals surface area contributed by atoms with Crippen molar-refractivity contribution < 1.29 is 4.79 Å². The first kappa shape index (κ1) is 15.3. The van der Waals surface area contributed by atoms with Crippen molar-refractivity contribution in [2.45, 2.75) is 44.7 Å². The third kappa shape index (κ3) is 3.61. The summed E-state index contributed by atoms with van der Waals surface area (Å²) < 4.78 is 0. The number of nitrogens with zero attached hydrogens (tertiary/aromatic N) is 2. The highest BCUT2D eigenvalue weighted by atomic mass is 32.1. The summed E-state index contributed by atoms with van der Waals surface area (Å²) >= 11 is 1.80. The zero-order valence-corrected chi connectivity index (χ0v) is 13.9. The van der Waals surface area contributed by atoms with Gasteiger partial charge in [0, 0.05) is 31.1 Å². The molecule has 1 aliphatic carbocycles. The maximum absolute atomic E-state index is 12.4. The van der Waals surface area contributed by atoms with Gasteiger partial charge in [-0.05, 0) is 36.3 Å². The predicted molar refractivity (Wildman–Crippen MR) is 90.2 cm³/mol. The van der Waals surface area contributed by atoms with Crippen molar-refractivity contribution in [2.75, 3.05) is 20.1 Å². The van der Waals surface area contributed by atoms with Crippen molar-refractivity contribution in [3.8, 4) is 0 Å². The van der Waals surface area contributed by atoms with Crippen molar-refractivity contribution in [1.29, 1.82) is 0 Å². The molecule has 1 amide bonds. The molecule has 0 radical (unpaired) electrons. The van der Waals surface area contributed by atoms with E-state index in [0.717, 1.165) is 25.5 Å². The van der Waals surface area contributed by atoms with Crippen molar-refractivity contribution in [3.05, 3.63) is 21.9 Å². The van der Waals surface area contributed by atoms with Gasteiger partial charge in [-0.2, -0.15) is 0 Å². The van der Waals surface area contributed by atoms with Crippen LogP contribution in [0.3, 0.4) is 0 Å². The minimum Gasteiger partial charge on any atom is -0.354 e. The molecule has 120 valence electrons. The second-order valence-corrected chi connectivity index (χ2v) is 6.99. The van der Waals surface area contributed by atoms with Gasteiger partial charge in [0.2, 0.25) is 5.91 Å². The van der Waals surface area contributed by atoms with E-state index in [4.69, 9.17) is 0 Å². The van der Waals surface area contributed by atoms with Crippen LogP contribution in [0.2, 0.25) is 0 Å². The fourth-order valence-corrected chi connectivity index (χ4v) is 4.08. The largest absolute Gasteiger partial charge is 0.354 e. The minimum absolute atomic E-state index is 0.145. The zero-order valence-electron chi connectivity index (χ0n) is 13.1. The molecule has 22 heavy (non-hydrogen) atoms. The lowest BCUT2D eigenvalue weighted by atomic mass is 10.1. The molecule has 0 aromatic carbocycles. The summed E-state index contributed by atoms with van der Waals surface area (Å²) in [6.45, 7) is 1.88. The number of guanidine groups is 1. The topological polar surface area (TPSA) is 56.7 Å². The third-order valence-electron chi connectivity index (χ3n) is 4.49. The molecule has 2 aliphatic rings. The van der Waals surface area contributed by atoms with Gasteiger partial charge in [0.25, 0.3) is 0 Å². The fraction of sp³-hybridized carbons (Fsp3) is 0.625. The number of aliphatic imine (C=N–C) groups is 1. The van der Waals surface area contributed by atoms with Crippen LogP contribution in [0.25, 0.3) is 0 Å². The Morgan fingerprint density at radius 1 is 1.45 bits per heavy atom. The highest BCUT2D eigenvalue weighted by Gasteiger charge is 2.22. The van der Waals surface area contributed by atoms with Gasteiger partial charge in [0.15, 0.2) is 5.96 Å². The summed E-state index contributed by atoms with van der Waals surface area (Å²) in [5.41, 5.74) is 1.30. The average molecular weight is 320 g/mol. The van der Waals surface area contributed by atoms with Crippen molar-refractivity contribution in [2.24, 2.45) is 4.99 Å². The molecule has 1 saturated carbocycles. The molecule has 5 nitrogen and oxygen atoms in total. The van der Waals surface area contributed by atoms with Gasteiger partial charge >= 0.3 is 0 Å². The molecule has 6 heteroatoms. The Labute approximate surface area is 135 Å². The van der Waals surface area contributed by atoms with Crippen LogP contribution < -0.4 is 10.6 Å². The molecule has 1 fully saturated rings. The molecule has 1 aromatic rings. The molecule has 2 heterocycles. The molecule has 0 unspecified atom stereocenters. The number of fused-ring (bicyclic) bond motifs is 1. The van der Waals surface area contributed by atoms with Crippen LogP contribution in [0.4, 0.5) is 0 Å². The molecular formula is C16H24N4OS. The normalized spacial score (nSPS) is 19.1. The summed E-state index contributed by atoms with van der Waals surface area (Å²) in [7, 11) is 1.76. The molecular weight excluding hydrogens is 296 g/mol. The highest BCUT2D eigenvalue weighted by molar-refractivity contribution is 7.10. The monoisotopic (exact) mass is 320 g/mol. The van der Waals surface area contributed by atoms with E-state index >= 15 is 0 Å². The highest BCUT2D eigenvalue weighted by Crippen LogP contribution is 2.23. The van der Waals surface area contributed by atoms with Crippen LogP contribution in [0.15, 0.2) is 16.4 Å². The summed E-state index contributed by atoms with van der Waals surface area (Å²) in [6, 6.07) is 2.64. The first-order valence-corrected chi connectivity index (χ1v) is 8.94. The number of thiophene rings is 1. The van der Waals surface area contributed by atoms with Gasteiger partial charge in [-0.15, -0.1) is 11.3 Å². The maximum Gasteiger partial charge on any atom is 0.242 e. The lowest BCUT2D eigenvalue weighted by Crippen LogP contribution is -2.47. The number of amides is 1. The molecule has 1 aliphatic heterocycles. The standard InChI is InChI=1S/C16H24N4OS/c1-17-16(19-13-4-2-3-5-13)18-10-15(21)20-8-6-14-12(11-20)7-9-22-14/h7,9,13H,2-6,8,10-11H2,1H3,(H2,17,18,19). The second-order valence-electron chi connectivity index (χ2n) is 5.99. The predicted octanol–water partition coefficient (Wildman–Crippen LogP) is 1.74. The molecule has 0 spiro atoms. The Balaban J connectivity index is 1.47. The van der Waals surface area contributed by atoms with E-state index in [1.807, 2.05) is 4.90 Å². The van der Waals surface area contributed by atoms with Crippen LogP contribution >= 0.6 is 11.3 Å². The van der Waals surface area contributed by atoms with Crippen molar-refractivity contribution >= 4 is 23.2 Å². The number of carbonyl (C=O) groups excluding carboxylic acids is 1. The van der Waals surface area contributed by atoms with E-state index in [1.165, 1.54) is 36.1 Å². The van der Waals surface area contributed by atoms with Gasteiger partial charge in [0.1, 0.15) is 0 Å². The second kappa shape index (κ2) is 7.13. The Kier molecular flexibility index (Phi) is 4.97. The third-order valence-corrected chi connectivity index (χ3v) is 5.51. The van der Waals surface area contributed by atoms with E-state index in [0.29, 0.717) is 12.6 Å². The van der Waals surface area contributed by atoms with Crippen LogP contribution in [0, 0.1) is 0 Å². The number of nitrogens with one attached hydrogen (secondary N) is 2. The lowest BCUT2D eigenvalue weighted by Gasteiger charge is -2.27. The zero-order chi connectivity index (χ0) is 15.4. The molecule has 0 atom stereocenters. The van der Waals surface area contributed by atoms with Crippen LogP contribution in [0.5, 0.6) is 0 Å². The minimum atomic E-state index is 0.145. The van der Waals surface area contributed by atoms with Gasteiger partial charge in [-0.3, -0.25) is 9.79 Å². The molecule has 3 rings (SSSR count). The van der Waals surface area contributed by atoms with Gasteiger partial charge < -0.3 is 15.5 Å². The Hall–Kier alpha value is -1.56. The number of hydrogen-bond acceptors (Lipinski definition) is 3. The Bertz CT molecular complexity index is 548. The van der Waals surface area contributed by atoms with Crippen LogP contribution in [-0.2, 0) is 17.8 Å². The van der Waals surface area contributed by atoms with E-state index < -0.39 is 0 Å². The molecule has 1 aromatic heterocycles. The van der Waals surface area contributed by atoms with Crippen molar-refractivity contribution in [1.82, 2.24) is 15.5 Å². The first-order valence-electron chi connectivity index (χ1n) is 8.06. The number of carbonyl (C=O) groups is 1. The maximum atomic E-state index is 12.4. The van der Waals surface area contributed by atoms with Crippen molar-refractivity contribution in [3.63, 3.8) is 0 Å². The van der Waals surface area contributed by atoms with E-state index in [2.05, 4.69) is 27.1 Å². The number of rotatable bonds is 3. The van der Waals surface area contributed by atoms with Gasteiger partial charge in [-0.25, -0.2) is 0 Å². The average Bonchev–Trinajstić information content (AvgIpc) is 3.21. The number of hydrogen-bond donors (Lipinski definition) is 2. The Morgan fingerprint density at radius 2 is 2.27 bits per heavy atom. The lowest BCUT2D eigenvalue weighted by molar-refractivity contribution is -0.130.